The molecule has 1 unspecified atom stereocenters. The molecule has 0 aliphatic carbocycles. The summed E-state index contributed by atoms with van der Waals surface area (Å²) >= 11 is 1.14. The highest BCUT2D eigenvalue weighted by atomic mass is 32.2. The Morgan fingerprint density at radius 1 is 1.47 bits per heavy atom. The molecule has 88 valence electrons. The molecule has 0 saturated heterocycles. The highest BCUT2D eigenvalue weighted by Crippen LogP contribution is 2.27. The van der Waals surface area contributed by atoms with Crippen molar-refractivity contribution in [2.75, 3.05) is 0 Å². The first-order valence-corrected chi connectivity index (χ1v) is 5.73. The smallest absolute Gasteiger partial charge is 0.272 e. The van der Waals surface area contributed by atoms with E-state index in [-0.39, 0.29) is 23.2 Å². The fourth-order valence-corrected chi connectivity index (χ4v) is 2.44. The second kappa shape index (κ2) is 4.54. The quantitative estimate of drug-likeness (QED) is 0.640. The van der Waals surface area contributed by atoms with Gasteiger partial charge in [-0.3, -0.25) is 14.9 Å². The van der Waals surface area contributed by atoms with Crippen LogP contribution < -0.4 is 5.73 Å². The fourth-order valence-electron chi connectivity index (χ4n) is 1.59. The molecule has 0 aromatic heterocycles. The lowest BCUT2D eigenvalue weighted by molar-refractivity contribution is -0.385. The van der Waals surface area contributed by atoms with Crippen LogP contribution in [-0.4, -0.2) is 21.2 Å². The van der Waals surface area contributed by atoms with Gasteiger partial charge in [0.15, 0.2) is 5.17 Å². The number of rotatable bonds is 3. The molecule has 2 N–H and O–H groups in total. The van der Waals surface area contributed by atoms with E-state index < -0.39 is 10.2 Å². The highest BCUT2D eigenvalue weighted by molar-refractivity contribution is 8.15. The van der Waals surface area contributed by atoms with Gasteiger partial charge in [0.25, 0.3) is 11.6 Å². The molecule has 7 heteroatoms. The number of thioether (sulfide) groups is 1. The lowest BCUT2D eigenvalue weighted by atomic mass is 10.1. The number of hydrogen-bond donors (Lipinski definition) is 1. The minimum Gasteiger partial charge on any atom is -0.378 e. The number of nitro benzene ring substituents is 1. The molecule has 0 saturated carbocycles. The average molecular weight is 251 g/mol. The van der Waals surface area contributed by atoms with Crippen LogP contribution in [0.15, 0.2) is 29.3 Å². The van der Waals surface area contributed by atoms with E-state index in [4.69, 9.17) is 5.73 Å². The molecule has 0 bridgehead atoms. The Morgan fingerprint density at radius 3 is 2.76 bits per heavy atom. The van der Waals surface area contributed by atoms with E-state index >= 15 is 0 Å². The molecule has 0 fully saturated rings. The van der Waals surface area contributed by atoms with E-state index in [0.29, 0.717) is 5.56 Å². The lowest BCUT2D eigenvalue weighted by Gasteiger charge is -2.06. The van der Waals surface area contributed by atoms with Gasteiger partial charge < -0.3 is 5.73 Å². The SMILES string of the molecule is NC1=NC(=O)C(Cc2ccccc2[N+](=O)[O-])S1. The third-order valence-corrected chi connectivity index (χ3v) is 3.34. The number of para-hydroxylation sites is 1. The molecule has 17 heavy (non-hydrogen) atoms. The summed E-state index contributed by atoms with van der Waals surface area (Å²) in [6.07, 6.45) is 0.269. The Bertz CT molecular complexity index is 515. The van der Waals surface area contributed by atoms with Gasteiger partial charge in [0.2, 0.25) is 0 Å². The molecule has 1 heterocycles. The van der Waals surface area contributed by atoms with Gasteiger partial charge >= 0.3 is 0 Å². The zero-order chi connectivity index (χ0) is 12.4. The lowest BCUT2D eigenvalue weighted by Crippen LogP contribution is -2.15. The molecular weight excluding hydrogens is 242 g/mol. The Hall–Kier alpha value is -1.89. The van der Waals surface area contributed by atoms with Gasteiger partial charge in [-0.15, -0.1) is 0 Å². The molecule has 2 rings (SSSR count). The van der Waals surface area contributed by atoms with Crippen LogP contribution in [0.25, 0.3) is 0 Å². The summed E-state index contributed by atoms with van der Waals surface area (Å²) in [6.45, 7) is 0. The maximum atomic E-state index is 11.4. The molecule has 1 aromatic rings. The van der Waals surface area contributed by atoms with Gasteiger partial charge in [-0.1, -0.05) is 30.0 Å². The number of aliphatic imine (C=N–C) groups is 1. The van der Waals surface area contributed by atoms with Crippen molar-refractivity contribution in [2.24, 2.45) is 10.7 Å². The second-order valence-corrected chi connectivity index (χ2v) is 4.71. The largest absolute Gasteiger partial charge is 0.378 e. The summed E-state index contributed by atoms with van der Waals surface area (Å²) in [5.41, 5.74) is 5.97. The van der Waals surface area contributed by atoms with Crippen LogP contribution in [0.1, 0.15) is 5.56 Å². The summed E-state index contributed by atoms with van der Waals surface area (Å²) in [4.78, 5) is 25.3. The van der Waals surface area contributed by atoms with Crippen LogP contribution in [0, 0.1) is 10.1 Å². The van der Waals surface area contributed by atoms with Gasteiger partial charge in [-0.2, -0.15) is 4.99 Å². The van der Waals surface area contributed by atoms with Gasteiger partial charge in [0.05, 0.1) is 10.2 Å². The molecule has 1 aromatic carbocycles. The van der Waals surface area contributed by atoms with Crippen molar-refractivity contribution in [3.8, 4) is 0 Å². The van der Waals surface area contributed by atoms with E-state index in [2.05, 4.69) is 4.99 Å². The number of benzene rings is 1. The molecule has 0 radical (unpaired) electrons. The van der Waals surface area contributed by atoms with Crippen molar-refractivity contribution in [3.63, 3.8) is 0 Å². The average Bonchev–Trinajstić information content (AvgIpc) is 2.58. The number of carbonyl (C=O) groups excluding carboxylic acids is 1. The van der Waals surface area contributed by atoms with Crippen LogP contribution >= 0.6 is 11.8 Å². The van der Waals surface area contributed by atoms with Gasteiger partial charge in [-0.05, 0) is 0 Å². The van der Waals surface area contributed by atoms with Crippen molar-refractivity contribution in [1.29, 1.82) is 0 Å². The molecule has 1 atom stereocenters. The minimum atomic E-state index is -0.455. The molecule has 1 aliphatic heterocycles. The normalized spacial score (nSPS) is 19.2. The van der Waals surface area contributed by atoms with Crippen molar-refractivity contribution in [2.45, 2.75) is 11.7 Å². The van der Waals surface area contributed by atoms with Crippen LogP contribution in [0.5, 0.6) is 0 Å². The minimum absolute atomic E-state index is 0.0198. The van der Waals surface area contributed by atoms with Crippen molar-refractivity contribution in [3.05, 3.63) is 39.9 Å². The Kier molecular flexibility index (Phi) is 3.10. The number of nitro groups is 1. The van der Waals surface area contributed by atoms with Gasteiger partial charge in [-0.25, -0.2) is 0 Å². The predicted octanol–water partition coefficient (Wildman–Crippen LogP) is 1.09. The molecule has 1 aliphatic rings. The summed E-state index contributed by atoms with van der Waals surface area (Å²) in [6, 6.07) is 6.36. The second-order valence-electron chi connectivity index (χ2n) is 3.48. The van der Waals surface area contributed by atoms with E-state index in [1.54, 1.807) is 18.2 Å². The fraction of sp³-hybridized carbons (Fsp3) is 0.200. The van der Waals surface area contributed by atoms with Crippen molar-refractivity contribution in [1.82, 2.24) is 0 Å². The first kappa shape index (κ1) is 11.6. The molecular formula is C10H9N3O3S. The Labute approximate surface area is 101 Å². The third kappa shape index (κ3) is 2.44. The summed E-state index contributed by atoms with van der Waals surface area (Å²) < 4.78 is 0. The maximum Gasteiger partial charge on any atom is 0.272 e. The number of carbonyl (C=O) groups is 1. The van der Waals surface area contributed by atoms with Crippen LogP contribution in [0.2, 0.25) is 0 Å². The van der Waals surface area contributed by atoms with Gasteiger partial charge in [0, 0.05) is 18.1 Å². The van der Waals surface area contributed by atoms with Crippen LogP contribution in [0.4, 0.5) is 5.69 Å². The topological polar surface area (TPSA) is 98.6 Å². The Morgan fingerprint density at radius 2 is 2.18 bits per heavy atom. The predicted molar refractivity (Wildman–Crippen MR) is 64.8 cm³/mol. The van der Waals surface area contributed by atoms with Crippen molar-refractivity contribution >= 4 is 28.5 Å². The number of amides is 1. The van der Waals surface area contributed by atoms with Crippen LogP contribution in [-0.2, 0) is 11.2 Å². The van der Waals surface area contributed by atoms with Crippen LogP contribution in [0.3, 0.4) is 0 Å². The first-order valence-electron chi connectivity index (χ1n) is 4.85. The molecule has 1 amide bonds. The van der Waals surface area contributed by atoms with Gasteiger partial charge in [0.1, 0.15) is 0 Å². The Balaban J connectivity index is 2.20. The zero-order valence-corrected chi connectivity index (χ0v) is 9.52. The van der Waals surface area contributed by atoms with E-state index in [0.717, 1.165) is 11.8 Å². The van der Waals surface area contributed by atoms with E-state index in [1.165, 1.54) is 6.07 Å². The number of nitrogens with two attached hydrogens (primary N) is 1. The van der Waals surface area contributed by atoms with Crippen molar-refractivity contribution < 1.29 is 9.72 Å². The van der Waals surface area contributed by atoms with E-state index in [9.17, 15) is 14.9 Å². The molecule has 0 spiro atoms. The number of amidine groups is 1. The number of hydrogen-bond acceptors (Lipinski definition) is 5. The third-order valence-electron chi connectivity index (χ3n) is 2.35. The zero-order valence-electron chi connectivity index (χ0n) is 8.70. The highest BCUT2D eigenvalue weighted by Gasteiger charge is 2.29. The monoisotopic (exact) mass is 251 g/mol. The summed E-state index contributed by atoms with van der Waals surface area (Å²) in [5, 5.41) is 10.6. The summed E-state index contributed by atoms with van der Waals surface area (Å²) in [7, 11) is 0. The first-order chi connectivity index (χ1) is 8.08. The standard InChI is InChI=1S/C10H9N3O3S/c11-10-12-9(14)8(17-10)5-6-3-1-2-4-7(6)13(15)16/h1-4,8H,5H2,(H2,11,12,14). The number of nitrogens with zero attached hydrogens (tertiary/aromatic N) is 2. The molecule has 6 nitrogen and oxygen atoms in total. The maximum absolute atomic E-state index is 11.4. The summed E-state index contributed by atoms with van der Waals surface area (Å²) in [5.74, 6) is -0.328. The van der Waals surface area contributed by atoms with E-state index in [1.807, 2.05) is 0 Å².